The minimum absolute atomic E-state index is 0.324. The number of rotatable bonds is 7. The third-order valence-corrected chi connectivity index (χ3v) is 2.88. The van der Waals surface area contributed by atoms with Crippen LogP contribution in [-0.4, -0.2) is 48.1 Å². The molecule has 2 N–H and O–H groups in total. The normalized spacial score (nSPS) is 12.6. The molecule has 0 saturated carbocycles. The SMILES string of the molecule is CCCNc1ncc(Br)c(NC(C)CN(C)C)n1. The van der Waals surface area contributed by atoms with Crippen molar-refractivity contribution in [3.8, 4) is 0 Å². The zero-order chi connectivity index (χ0) is 13.5. The minimum Gasteiger partial charge on any atom is -0.365 e. The number of aromatic nitrogens is 2. The molecule has 0 saturated heterocycles. The van der Waals surface area contributed by atoms with E-state index < -0.39 is 0 Å². The predicted octanol–water partition coefficient (Wildman–Crippen LogP) is 2.42. The van der Waals surface area contributed by atoms with E-state index in [0.29, 0.717) is 12.0 Å². The highest BCUT2D eigenvalue weighted by Gasteiger charge is 2.09. The highest BCUT2D eigenvalue weighted by atomic mass is 79.9. The molecular weight excluding hydrogens is 294 g/mol. The molecule has 1 rings (SSSR count). The fraction of sp³-hybridized carbons (Fsp3) is 0.667. The van der Waals surface area contributed by atoms with Crippen molar-refractivity contribution in [2.24, 2.45) is 0 Å². The number of hydrogen-bond acceptors (Lipinski definition) is 5. The largest absolute Gasteiger partial charge is 0.365 e. The molecule has 0 spiro atoms. The van der Waals surface area contributed by atoms with Gasteiger partial charge in [0.15, 0.2) is 0 Å². The Balaban J connectivity index is 2.68. The van der Waals surface area contributed by atoms with Crippen molar-refractivity contribution in [2.45, 2.75) is 26.3 Å². The monoisotopic (exact) mass is 315 g/mol. The van der Waals surface area contributed by atoms with Crippen molar-refractivity contribution in [3.63, 3.8) is 0 Å². The average Bonchev–Trinajstić information content (AvgIpc) is 2.29. The maximum absolute atomic E-state index is 4.46. The van der Waals surface area contributed by atoms with Crippen molar-refractivity contribution in [1.29, 1.82) is 0 Å². The summed E-state index contributed by atoms with van der Waals surface area (Å²) < 4.78 is 0.884. The third kappa shape index (κ3) is 5.18. The zero-order valence-corrected chi connectivity index (χ0v) is 13.1. The van der Waals surface area contributed by atoms with Gasteiger partial charge in [0.25, 0.3) is 0 Å². The second-order valence-electron chi connectivity index (χ2n) is 4.62. The van der Waals surface area contributed by atoms with E-state index in [1.807, 2.05) is 0 Å². The number of halogens is 1. The zero-order valence-electron chi connectivity index (χ0n) is 11.5. The van der Waals surface area contributed by atoms with E-state index in [0.717, 1.165) is 29.8 Å². The standard InChI is InChI=1S/C12H22BrN5/c1-5-6-14-12-15-7-10(13)11(17-12)16-9(2)8-18(3)4/h7,9H,5-6,8H2,1-4H3,(H2,14,15,16,17). The van der Waals surface area contributed by atoms with Crippen molar-refractivity contribution < 1.29 is 0 Å². The summed E-state index contributed by atoms with van der Waals surface area (Å²) in [5, 5.41) is 6.56. The van der Waals surface area contributed by atoms with Crippen molar-refractivity contribution in [2.75, 3.05) is 37.8 Å². The van der Waals surface area contributed by atoms with Gasteiger partial charge in [0.05, 0.1) is 4.47 Å². The van der Waals surface area contributed by atoms with Gasteiger partial charge in [-0.2, -0.15) is 4.98 Å². The van der Waals surface area contributed by atoms with Gasteiger partial charge in [-0.3, -0.25) is 0 Å². The molecule has 18 heavy (non-hydrogen) atoms. The molecule has 0 amide bonds. The van der Waals surface area contributed by atoms with E-state index in [1.165, 1.54) is 0 Å². The second kappa shape index (κ2) is 7.53. The van der Waals surface area contributed by atoms with Gasteiger partial charge in [0.1, 0.15) is 5.82 Å². The van der Waals surface area contributed by atoms with Gasteiger partial charge in [-0.1, -0.05) is 6.92 Å². The first-order valence-electron chi connectivity index (χ1n) is 6.20. The van der Waals surface area contributed by atoms with Crippen molar-refractivity contribution in [1.82, 2.24) is 14.9 Å². The first-order valence-corrected chi connectivity index (χ1v) is 7.00. The van der Waals surface area contributed by atoms with Gasteiger partial charge in [-0.05, 0) is 43.4 Å². The van der Waals surface area contributed by atoms with Crippen LogP contribution >= 0.6 is 15.9 Å². The molecule has 0 bridgehead atoms. The number of nitrogens with one attached hydrogen (secondary N) is 2. The summed E-state index contributed by atoms with van der Waals surface area (Å²) in [4.78, 5) is 10.8. The van der Waals surface area contributed by atoms with Crippen LogP contribution < -0.4 is 10.6 Å². The first-order chi connectivity index (χ1) is 8.52. The van der Waals surface area contributed by atoms with Crippen LogP contribution in [0.25, 0.3) is 0 Å². The Morgan fingerprint density at radius 1 is 1.44 bits per heavy atom. The van der Waals surface area contributed by atoms with Crippen LogP contribution in [0.4, 0.5) is 11.8 Å². The predicted molar refractivity (Wildman–Crippen MR) is 80.2 cm³/mol. The molecule has 1 aromatic rings. The molecule has 1 heterocycles. The lowest BCUT2D eigenvalue weighted by Gasteiger charge is -2.19. The summed E-state index contributed by atoms with van der Waals surface area (Å²) in [6, 6.07) is 0.324. The topological polar surface area (TPSA) is 53.1 Å². The van der Waals surface area contributed by atoms with E-state index in [-0.39, 0.29) is 0 Å². The van der Waals surface area contributed by atoms with Crippen LogP contribution in [0.3, 0.4) is 0 Å². The lowest BCUT2D eigenvalue weighted by atomic mass is 10.3. The molecule has 0 aliphatic heterocycles. The summed E-state index contributed by atoms with van der Waals surface area (Å²) in [5.74, 6) is 1.50. The number of nitrogens with zero attached hydrogens (tertiary/aromatic N) is 3. The number of hydrogen-bond donors (Lipinski definition) is 2. The van der Waals surface area contributed by atoms with E-state index >= 15 is 0 Å². The quantitative estimate of drug-likeness (QED) is 0.809. The van der Waals surface area contributed by atoms with Gasteiger partial charge in [-0.25, -0.2) is 4.98 Å². The molecule has 0 aromatic carbocycles. The van der Waals surface area contributed by atoms with Crippen molar-refractivity contribution in [3.05, 3.63) is 10.7 Å². The van der Waals surface area contributed by atoms with Crippen LogP contribution in [-0.2, 0) is 0 Å². The van der Waals surface area contributed by atoms with Crippen LogP contribution in [0, 0.1) is 0 Å². The van der Waals surface area contributed by atoms with Crippen molar-refractivity contribution >= 4 is 27.7 Å². The number of anilines is 2. The van der Waals surface area contributed by atoms with E-state index in [1.54, 1.807) is 6.20 Å². The Morgan fingerprint density at radius 2 is 2.17 bits per heavy atom. The Bertz CT molecular complexity index is 369. The van der Waals surface area contributed by atoms with Crippen LogP contribution in [0.15, 0.2) is 10.7 Å². The molecule has 5 nitrogen and oxygen atoms in total. The number of likely N-dealkylation sites (N-methyl/N-ethyl adjacent to an activating group) is 1. The summed E-state index contributed by atoms with van der Waals surface area (Å²) in [7, 11) is 4.11. The maximum atomic E-state index is 4.46. The Hall–Kier alpha value is -0.880. The molecule has 6 heteroatoms. The van der Waals surface area contributed by atoms with Gasteiger partial charge >= 0.3 is 0 Å². The van der Waals surface area contributed by atoms with Gasteiger partial charge in [-0.15, -0.1) is 0 Å². The van der Waals surface area contributed by atoms with E-state index in [9.17, 15) is 0 Å². The molecule has 1 aromatic heterocycles. The molecule has 1 atom stereocenters. The Kier molecular flexibility index (Phi) is 6.35. The molecule has 0 aliphatic rings. The molecule has 0 radical (unpaired) electrons. The summed E-state index contributed by atoms with van der Waals surface area (Å²) in [5.41, 5.74) is 0. The third-order valence-electron chi connectivity index (χ3n) is 2.30. The minimum atomic E-state index is 0.324. The van der Waals surface area contributed by atoms with E-state index in [4.69, 9.17) is 0 Å². The van der Waals surface area contributed by atoms with Gasteiger partial charge < -0.3 is 15.5 Å². The van der Waals surface area contributed by atoms with Crippen LogP contribution in [0.1, 0.15) is 20.3 Å². The van der Waals surface area contributed by atoms with Crippen LogP contribution in [0.5, 0.6) is 0 Å². The molecular formula is C12H22BrN5. The summed E-state index contributed by atoms with van der Waals surface area (Å²) in [6.07, 6.45) is 2.83. The van der Waals surface area contributed by atoms with Gasteiger partial charge in [0.2, 0.25) is 5.95 Å². The smallest absolute Gasteiger partial charge is 0.224 e. The van der Waals surface area contributed by atoms with Gasteiger partial charge in [0, 0.05) is 25.3 Å². The summed E-state index contributed by atoms with van der Waals surface area (Å²) in [6.45, 7) is 6.08. The average molecular weight is 316 g/mol. The highest BCUT2D eigenvalue weighted by Crippen LogP contribution is 2.20. The Morgan fingerprint density at radius 3 is 2.78 bits per heavy atom. The fourth-order valence-electron chi connectivity index (χ4n) is 1.62. The molecule has 0 fully saturated rings. The molecule has 0 aliphatic carbocycles. The summed E-state index contributed by atoms with van der Waals surface area (Å²) >= 11 is 3.46. The lowest BCUT2D eigenvalue weighted by Crippen LogP contribution is -2.30. The fourth-order valence-corrected chi connectivity index (χ4v) is 1.92. The van der Waals surface area contributed by atoms with Crippen LogP contribution in [0.2, 0.25) is 0 Å². The molecule has 102 valence electrons. The lowest BCUT2D eigenvalue weighted by molar-refractivity contribution is 0.392. The second-order valence-corrected chi connectivity index (χ2v) is 5.48. The highest BCUT2D eigenvalue weighted by molar-refractivity contribution is 9.10. The first kappa shape index (κ1) is 15.2. The molecule has 1 unspecified atom stereocenters. The maximum Gasteiger partial charge on any atom is 0.224 e. The van der Waals surface area contributed by atoms with E-state index in [2.05, 4.69) is 69.4 Å². The Labute approximate surface area is 118 Å².